The molecular formula is C14H22N4O4S. The second kappa shape index (κ2) is 9.21. The highest BCUT2D eigenvalue weighted by Gasteiger charge is 2.10. The second-order valence-corrected chi connectivity index (χ2v) is 7.15. The lowest BCUT2D eigenvalue weighted by atomic mass is 10.1. The second-order valence-electron chi connectivity index (χ2n) is 5.11. The van der Waals surface area contributed by atoms with Gasteiger partial charge in [-0.25, -0.2) is 13.1 Å². The van der Waals surface area contributed by atoms with Crippen LogP contribution in [0.15, 0.2) is 29.4 Å². The summed E-state index contributed by atoms with van der Waals surface area (Å²) >= 11 is 0. The van der Waals surface area contributed by atoms with Crippen molar-refractivity contribution in [2.75, 3.05) is 18.2 Å². The average molecular weight is 342 g/mol. The van der Waals surface area contributed by atoms with Crippen LogP contribution in [0.25, 0.3) is 0 Å². The molecule has 0 aromatic heterocycles. The predicted octanol–water partition coefficient (Wildman–Crippen LogP) is 1.62. The molecule has 23 heavy (non-hydrogen) atoms. The molecule has 0 radical (unpaired) electrons. The van der Waals surface area contributed by atoms with Crippen LogP contribution in [0.1, 0.15) is 25.3 Å². The first-order valence-electron chi connectivity index (χ1n) is 7.25. The van der Waals surface area contributed by atoms with Gasteiger partial charge < -0.3 is 0 Å². The van der Waals surface area contributed by atoms with Gasteiger partial charge in [0.25, 0.3) is 0 Å². The predicted molar refractivity (Wildman–Crippen MR) is 90.8 cm³/mol. The fourth-order valence-corrected chi connectivity index (χ4v) is 2.41. The molecule has 1 unspecified atom stereocenters. The monoisotopic (exact) mass is 342 g/mol. The van der Waals surface area contributed by atoms with Crippen molar-refractivity contribution in [1.29, 1.82) is 0 Å². The van der Waals surface area contributed by atoms with Crippen molar-refractivity contribution in [3.63, 3.8) is 0 Å². The summed E-state index contributed by atoms with van der Waals surface area (Å²) in [5.41, 5.74) is 4.51. The number of nitro groups is 1. The maximum Gasteiger partial charge on any atom is 0.211 e. The van der Waals surface area contributed by atoms with Crippen LogP contribution < -0.4 is 10.1 Å². The first-order valence-corrected chi connectivity index (χ1v) is 8.90. The fourth-order valence-electron chi connectivity index (χ4n) is 1.71. The topological polar surface area (TPSA) is 114 Å². The molecule has 1 rings (SSSR count). The van der Waals surface area contributed by atoms with Crippen LogP contribution >= 0.6 is 0 Å². The molecule has 1 aromatic rings. The largest absolute Gasteiger partial charge is 0.279 e. The van der Waals surface area contributed by atoms with Crippen molar-refractivity contribution in [3.05, 3.63) is 39.9 Å². The standard InChI is InChI=1S/C14H22N4O4S/c1-12(18(19)20)4-3-10-16-17-14-7-5-13(6-8-14)9-11-23(21,22)15-2/h5-8,10,12,15,17H,3-4,9,11H2,1-2H3. The van der Waals surface area contributed by atoms with Crippen molar-refractivity contribution < 1.29 is 13.3 Å². The van der Waals surface area contributed by atoms with Gasteiger partial charge in [0.2, 0.25) is 16.1 Å². The van der Waals surface area contributed by atoms with Gasteiger partial charge in [0.15, 0.2) is 0 Å². The normalized spacial score (nSPS) is 13.1. The van der Waals surface area contributed by atoms with Crippen LogP contribution in [0.2, 0.25) is 0 Å². The zero-order chi connectivity index (χ0) is 17.3. The van der Waals surface area contributed by atoms with E-state index in [0.29, 0.717) is 19.3 Å². The first kappa shape index (κ1) is 19.0. The number of hydrazone groups is 1. The molecule has 0 aliphatic heterocycles. The number of hydrogen-bond acceptors (Lipinski definition) is 6. The summed E-state index contributed by atoms with van der Waals surface area (Å²) < 4.78 is 25.0. The van der Waals surface area contributed by atoms with E-state index in [4.69, 9.17) is 0 Å². The van der Waals surface area contributed by atoms with Crippen molar-refractivity contribution in [2.24, 2.45) is 5.10 Å². The lowest BCUT2D eigenvalue weighted by molar-refractivity contribution is -0.518. The number of benzene rings is 1. The molecule has 0 saturated carbocycles. The Kier molecular flexibility index (Phi) is 7.63. The average Bonchev–Trinajstić information content (AvgIpc) is 2.53. The van der Waals surface area contributed by atoms with Crippen molar-refractivity contribution in [2.45, 2.75) is 32.2 Å². The Morgan fingerprint density at radius 1 is 1.35 bits per heavy atom. The van der Waals surface area contributed by atoms with Crippen LogP contribution in [0, 0.1) is 10.1 Å². The summed E-state index contributed by atoms with van der Waals surface area (Å²) in [6.45, 7) is 1.56. The Bertz CT molecular complexity index is 629. The summed E-state index contributed by atoms with van der Waals surface area (Å²) in [5, 5.41) is 14.5. The quantitative estimate of drug-likeness (QED) is 0.381. The van der Waals surface area contributed by atoms with Gasteiger partial charge in [0, 0.05) is 24.5 Å². The molecular weight excluding hydrogens is 320 g/mol. The molecule has 128 valence electrons. The van der Waals surface area contributed by atoms with Gasteiger partial charge in [-0.2, -0.15) is 5.10 Å². The van der Waals surface area contributed by atoms with Gasteiger partial charge in [-0.05, 0) is 37.6 Å². The summed E-state index contributed by atoms with van der Waals surface area (Å²) in [6.07, 6.45) is 3.01. The number of nitrogens with zero attached hydrogens (tertiary/aromatic N) is 2. The Morgan fingerprint density at radius 3 is 2.57 bits per heavy atom. The van der Waals surface area contributed by atoms with E-state index in [1.54, 1.807) is 25.3 Å². The number of aryl methyl sites for hydroxylation is 1. The van der Waals surface area contributed by atoms with Crippen LogP contribution in [-0.2, 0) is 16.4 Å². The Hall–Kier alpha value is -2.00. The molecule has 8 nitrogen and oxygen atoms in total. The van der Waals surface area contributed by atoms with E-state index in [-0.39, 0.29) is 10.7 Å². The molecule has 0 fully saturated rings. The van der Waals surface area contributed by atoms with Crippen molar-refractivity contribution in [1.82, 2.24) is 4.72 Å². The van der Waals surface area contributed by atoms with Gasteiger partial charge in [-0.15, -0.1) is 0 Å². The van der Waals surface area contributed by atoms with E-state index < -0.39 is 16.1 Å². The van der Waals surface area contributed by atoms with Crippen LogP contribution in [0.3, 0.4) is 0 Å². The molecule has 0 aliphatic rings. The van der Waals surface area contributed by atoms with Gasteiger partial charge in [-0.1, -0.05) is 12.1 Å². The lowest BCUT2D eigenvalue weighted by Crippen LogP contribution is -2.23. The molecule has 0 aliphatic carbocycles. The van der Waals surface area contributed by atoms with Crippen LogP contribution in [0.4, 0.5) is 5.69 Å². The number of rotatable bonds is 10. The van der Waals surface area contributed by atoms with Crippen molar-refractivity contribution in [3.8, 4) is 0 Å². The third-order valence-electron chi connectivity index (χ3n) is 3.28. The zero-order valence-electron chi connectivity index (χ0n) is 13.2. The maximum absolute atomic E-state index is 11.3. The number of hydrogen-bond donors (Lipinski definition) is 2. The molecule has 0 amide bonds. The van der Waals surface area contributed by atoms with E-state index in [1.165, 1.54) is 7.05 Å². The third-order valence-corrected chi connectivity index (χ3v) is 4.65. The SMILES string of the molecule is CNS(=O)(=O)CCc1ccc(NN=CCCC(C)[N+](=O)[O-])cc1. The van der Waals surface area contributed by atoms with Crippen LogP contribution in [-0.4, -0.2) is 38.4 Å². The first-order chi connectivity index (χ1) is 10.8. The molecule has 1 atom stereocenters. The number of sulfonamides is 1. The Labute approximate surface area is 136 Å². The Morgan fingerprint density at radius 2 is 2.00 bits per heavy atom. The zero-order valence-corrected chi connectivity index (χ0v) is 14.0. The summed E-state index contributed by atoms with van der Waals surface area (Å²) in [7, 11) is -1.80. The third kappa shape index (κ3) is 7.71. The lowest BCUT2D eigenvalue weighted by Gasteiger charge is -2.05. The van der Waals surface area contributed by atoms with E-state index >= 15 is 0 Å². The van der Waals surface area contributed by atoms with Crippen molar-refractivity contribution >= 4 is 21.9 Å². The highest BCUT2D eigenvalue weighted by molar-refractivity contribution is 7.89. The molecule has 0 spiro atoms. The number of nitrogens with one attached hydrogen (secondary N) is 2. The number of anilines is 1. The van der Waals surface area contributed by atoms with Gasteiger partial charge in [0.1, 0.15) is 0 Å². The molecule has 0 bridgehead atoms. The fraction of sp³-hybridized carbons (Fsp3) is 0.500. The van der Waals surface area contributed by atoms with E-state index in [2.05, 4.69) is 15.2 Å². The van der Waals surface area contributed by atoms with E-state index in [9.17, 15) is 18.5 Å². The minimum absolute atomic E-state index is 0.0447. The smallest absolute Gasteiger partial charge is 0.211 e. The minimum Gasteiger partial charge on any atom is -0.279 e. The van der Waals surface area contributed by atoms with Gasteiger partial charge in [0.05, 0.1) is 11.4 Å². The Balaban J connectivity index is 2.38. The van der Waals surface area contributed by atoms with E-state index in [0.717, 1.165) is 11.3 Å². The molecule has 9 heteroatoms. The van der Waals surface area contributed by atoms with Crippen LogP contribution in [0.5, 0.6) is 0 Å². The minimum atomic E-state index is -3.20. The summed E-state index contributed by atoms with van der Waals surface area (Å²) in [6, 6.07) is 6.70. The van der Waals surface area contributed by atoms with E-state index in [1.807, 2.05) is 12.1 Å². The summed E-state index contributed by atoms with van der Waals surface area (Å²) in [5.74, 6) is 0.0447. The molecule has 2 N–H and O–H groups in total. The molecule has 1 aromatic carbocycles. The van der Waals surface area contributed by atoms with Gasteiger partial charge >= 0.3 is 0 Å². The van der Waals surface area contributed by atoms with Gasteiger partial charge in [-0.3, -0.25) is 15.5 Å². The molecule has 0 saturated heterocycles. The highest BCUT2D eigenvalue weighted by Crippen LogP contribution is 2.10. The maximum atomic E-state index is 11.3. The highest BCUT2D eigenvalue weighted by atomic mass is 32.2. The molecule has 0 heterocycles. The summed E-state index contributed by atoms with van der Waals surface area (Å²) in [4.78, 5) is 10.1.